The van der Waals surface area contributed by atoms with Crippen molar-refractivity contribution in [2.75, 3.05) is 18.4 Å². The zero-order valence-electron chi connectivity index (χ0n) is 12.3. The summed E-state index contributed by atoms with van der Waals surface area (Å²) < 4.78 is 0. The fourth-order valence-electron chi connectivity index (χ4n) is 2.73. The number of anilines is 1. The smallest absolute Gasteiger partial charge is 0.293 e. The summed E-state index contributed by atoms with van der Waals surface area (Å²) in [5, 5.41) is 26.6. The third-order valence-electron chi connectivity index (χ3n) is 4.15. The van der Waals surface area contributed by atoms with E-state index in [-0.39, 0.29) is 17.1 Å². The molecule has 1 heterocycles. The van der Waals surface area contributed by atoms with Gasteiger partial charge in [-0.15, -0.1) is 0 Å². The van der Waals surface area contributed by atoms with Crippen LogP contribution in [0.25, 0.3) is 0 Å². The van der Waals surface area contributed by atoms with Crippen LogP contribution in [-0.4, -0.2) is 24.1 Å². The molecule has 0 bridgehead atoms. The fraction of sp³-hybridized carbons (Fsp3) is 0.533. The monoisotopic (exact) mass is 288 g/mol. The molecular formula is C15H20N4O2. The highest BCUT2D eigenvalue weighted by Crippen LogP contribution is 2.31. The summed E-state index contributed by atoms with van der Waals surface area (Å²) in [5.41, 5.74) is 0.861. The Bertz CT molecular complexity index is 578. The number of hydrogen-bond donors (Lipinski definition) is 2. The predicted octanol–water partition coefficient (Wildman–Crippen LogP) is 2.66. The maximum atomic E-state index is 11.1. The summed E-state index contributed by atoms with van der Waals surface area (Å²) in [6.45, 7) is 6.02. The maximum Gasteiger partial charge on any atom is 0.293 e. The molecule has 1 aliphatic heterocycles. The average molecular weight is 288 g/mol. The van der Waals surface area contributed by atoms with Crippen LogP contribution >= 0.6 is 0 Å². The van der Waals surface area contributed by atoms with Crippen LogP contribution in [0.2, 0.25) is 0 Å². The van der Waals surface area contributed by atoms with E-state index in [4.69, 9.17) is 5.26 Å². The topological polar surface area (TPSA) is 91.0 Å². The van der Waals surface area contributed by atoms with E-state index in [0.29, 0.717) is 17.8 Å². The quantitative estimate of drug-likeness (QED) is 0.656. The first-order valence-electron chi connectivity index (χ1n) is 7.10. The highest BCUT2D eigenvalue weighted by molar-refractivity contribution is 5.64. The lowest BCUT2D eigenvalue weighted by atomic mass is 9.77. The highest BCUT2D eigenvalue weighted by Gasteiger charge is 2.32. The molecule has 21 heavy (non-hydrogen) atoms. The molecule has 0 amide bonds. The summed E-state index contributed by atoms with van der Waals surface area (Å²) in [4.78, 5) is 10.7. The Morgan fingerprint density at radius 3 is 2.95 bits per heavy atom. The minimum absolute atomic E-state index is 0.0531. The van der Waals surface area contributed by atoms with Gasteiger partial charge in [0.05, 0.1) is 16.6 Å². The third kappa shape index (κ3) is 3.50. The van der Waals surface area contributed by atoms with Crippen molar-refractivity contribution < 1.29 is 4.92 Å². The molecule has 1 atom stereocenters. The number of hydrogen-bond acceptors (Lipinski definition) is 5. The van der Waals surface area contributed by atoms with Gasteiger partial charge in [0.15, 0.2) is 0 Å². The van der Waals surface area contributed by atoms with Crippen LogP contribution in [0.4, 0.5) is 11.4 Å². The number of benzene rings is 1. The number of nitriles is 1. The van der Waals surface area contributed by atoms with Crippen molar-refractivity contribution in [3.63, 3.8) is 0 Å². The van der Waals surface area contributed by atoms with Crippen LogP contribution < -0.4 is 10.6 Å². The first-order valence-corrected chi connectivity index (χ1v) is 7.10. The SMILES string of the molecule is CC1(C)CCCNC1CNc1ccc(C#N)cc1[N+](=O)[O-]. The molecule has 1 aliphatic rings. The maximum absolute atomic E-state index is 11.1. The van der Waals surface area contributed by atoms with Crippen molar-refractivity contribution in [3.05, 3.63) is 33.9 Å². The summed E-state index contributed by atoms with van der Waals surface area (Å²) in [7, 11) is 0. The molecular weight excluding hydrogens is 268 g/mol. The Morgan fingerprint density at radius 2 is 2.33 bits per heavy atom. The summed E-state index contributed by atoms with van der Waals surface area (Å²) in [6.07, 6.45) is 2.29. The van der Waals surface area contributed by atoms with Crippen LogP contribution in [0.1, 0.15) is 32.3 Å². The molecule has 1 saturated heterocycles. The number of nitrogens with zero attached hydrogens (tertiary/aromatic N) is 2. The Balaban J connectivity index is 2.13. The molecule has 2 rings (SSSR count). The second-order valence-electron chi connectivity index (χ2n) is 6.08. The van der Waals surface area contributed by atoms with E-state index in [0.717, 1.165) is 19.4 Å². The molecule has 1 unspecified atom stereocenters. The number of nitro groups is 1. The van der Waals surface area contributed by atoms with Gasteiger partial charge in [0.1, 0.15) is 5.69 Å². The summed E-state index contributed by atoms with van der Waals surface area (Å²) in [5.74, 6) is 0. The van der Waals surface area contributed by atoms with Gasteiger partial charge < -0.3 is 10.6 Å². The van der Waals surface area contributed by atoms with Gasteiger partial charge in [0, 0.05) is 18.7 Å². The van der Waals surface area contributed by atoms with Crippen molar-refractivity contribution in [2.45, 2.75) is 32.7 Å². The molecule has 0 radical (unpaired) electrons. The molecule has 0 spiro atoms. The standard InChI is InChI=1S/C15H20N4O2/c1-15(2)6-3-7-17-14(15)10-18-12-5-4-11(9-16)8-13(12)19(20)21/h4-5,8,14,17-18H,3,6-7,10H2,1-2H3. The van der Waals surface area contributed by atoms with Crippen LogP contribution in [0.15, 0.2) is 18.2 Å². The normalized spacial score (nSPS) is 20.5. The third-order valence-corrected chi connectivity index (χ3v) is 4.15. The fourth-order valence-corrected chi connectivity index (χ4v) is 2.73. The van der Waals surface area contributed by atoms with Gasteiger partial charge in [-0.05, 0) is 36.9 Å². The van der Waals surface area contributed by atoms with E-state index >= 15 is 0 Å². The number of nitro benzene ring substituents is 1. The zero-order chi connectivity index (χ0) is 15.5. The molecule has 0 saturated carbocycles. The molecule has 0 aliphatic carbocycles. The van der Waals surface area contributed by atoms with Crippen molar-refractivity contribution in [3.8, 4) is 6.07 Å². The van der Waals surface area contributed by atoms with Gasteiger partial charge in [-0.2, -0.15) is 5.26 Å². The minimum atomic E-state index is -0.456. The molecule has 2 N–H and O–H groups in total. The Labute approximate surface area is 124 Å². The Kier molecular flexibility index (Phi) is 4.43. The van der Waals surface area contributed by atoms with Gasteiger partial charge in [-0.1, -0.05) is 13.8 Å². The lowest BCUT2D eigenvalue weighted by Gasteiger charge is -2.39. The Morgan fingerprint density at radius 1 is 1.57 bits per heavy atom. The van der Waals surface area contributed by atoms with Gasteiger partial charge >= 0.3 is 0 Å². The van der Waals surface area contributed by atoms with Crippen molar-refractivity contribution in [2.24, 2.45) is 5.41 Å². The van der Waals surface area contributed by atoms with Crippen LogP contribution in [0.3, 0.4) is 0 Å². The van der Waals surface area contributed by atoms with Gasteiger partial charge in [0.25, 0.3) is 5.69 Å². The van der Waals surface area contributed by atoms with Gasteiger partial charge in [-0.25, -0.2) is 0 Å². The van der Waals surface area contributed by atoms with E-state index in [1.54, 1.807) is 12.1 Å². The van der Waals surface area contributed by atoms with Gasteiger partial charge in [0.2, 0.25) is 0 Å². The molecule has 6 heteroatoms. The number of rotatable bonds is 4. The second kappa shape index (κ2) is 6.10. The van der Waals surface area contributed by atoms with Crippen molar-refractivity contribution in [1.82, 2.24) is 5.32 Å². The summed E-state index contributed by atoms with van der Waals surface area (Å²) in [6, 6.07) is 6.69. The zero-order valence-corrected chi connectivity index (χ0v) is 12.3. The lowest BCUT2D eigenvalue weighted by Crippen LogP contribution is -2.50. The highest BCUT2D eigenvalue weighted by atomic mass is 16.6. The molecule has 0 aromatic heterocycles. The van der Waals surface area contributed by atoms with Crippen LogP contribution in [0, 0.1) is 26.9 Å². The predicted molar refractivity (Wildman–Crippen MR) is 81.1 cm³/mol. The van der Waals surface area contributed by atoms with E-state index < -0.39 is 4.92 Å². The van der Waals surface area contributed by atoms with Crippen molar-refractivity contribution >= 4 is 11.4 Å². The summed E-state index contributed by atoms with van der Waals surface area (Å²) >= 11 is 0. The van der Waals surface area contributed by atoms with Gasteiger partial charge in [-0.3, -0.25) is 10.1 Å². The molecule has 1 fully saturated rings. The lowest BCUT2D eigenvalue weighted by molar-refractivity contribution is -0.384. The second-order valence-corrected chi connectivity index (χ2v) is 6.08. The average Bonchev–Trinajstić information content (AvgIpc) is 2.45. The first-order chi connectivity index (χ1) is 9.94. The molecule has 1 aromatic rings. The number of piperidine rings is 1. The molecule has 6 nitrogen and oxygen atoms in total. The van der Waals surface area contributed by atoms with E-state index in [1.165, 1.54) is 6.07 Å². The van der Waals surface area contributed by atoms with Crippen LogP contribution in [0.5, 0.6) is 0 Å². The van der Waals surface area contributed by atoms with E-state index in [9.17, 15) is 10.1 Å². The Hall–Kier alpha value is -2.13. The minimum Gasteiger partial charge on any atom is -0.378 e. The first kappa shape index (κ1) is 15.3. The molecule has 1 aromatic carbocycles. The number of nitrogens with one attached hydrogen (secondary N) is 2. The van der Waals surface area contributed by atoms with Crippen molar-refractivity contribution in [1.29, 1.82) is 5.26 Å². The molecule has 112 valence electrons. The van der Waals surface area contributed by atoms with Crippen LogP contribution in [-0.2, 0) is 0 Å². The van der Waals surface area contributed by atoms with E-state index in [1.807, 2.05) is 6.07 Å². The van der Waals surface area contributed by atoms with E-state index in [2.05, 4.69) is 24.5 Å². The largest absolute Gasteiger partial charge is 0.378 e.